The Balaban J connectivity index is 2.29. The van der Waals surface area contributed by atoms with E-state index in [2.05, 4.69) is 21.2 Å². The van der Waals surface area contributed by atoms with Crippen molar-refractivity contribution in [2.75, 3.05) is 25.6 Å². The maximum absolute atomic E-state index is 12.5. The molecule has 0 aliphatic carbocycles. The second-order valence-electron chi connectivity index (χ2n) is 5.56. The van der Waals surface area contributed by atoms with Crippen molar-refractivity contribution in [3.8, 4) is 29.4 Å². The fourth-order valence-corrected chi connectivity index (χ4v) is 2.81. The second-order valence-corrected chi connectivity index (χ2v) is 6.41. The topological polar surface area (TPSA) is 104 Å². The van der Waals surface area contributed by atoms with Gasteiger partial charge in [0.15, 0.2) is 18.1 Å². The van der Waals surface area contributed by atoms with E-state index in [-0.39, 0.29) is 12.2 Å². The lowest BCUT2D eigenvalue weighted by molar-refractivity contribution is -0.112. The van der Waals surface area contributed by atoms with E-state index in [1.165, 1.54) is 13.2 Å². The van der Waals surface area contributed by atoms with Crippen LogP contribution < -0.4 is 19.5 Å². The van der Waals surface area contributed by atoms with Crippen LogP contribution in [-0.4, -0.2) is 26.2 Å². The summed E-state index contributed by atoms with van der Waals surface area (Å²) >= 11 is 3.38. The zero-order valence-electron chi connectivity index (χ0n) is 15.9. The number of ether oxygens (including phenoxy) is 3. The van der Waals surface area contributed by atoms with Crippen molar-refractivity contribution in [3.05, 3.63) is 52.0 Å². The first-order valence-electron chi connectivity index (χ1n) is 8.55. The Morgan fingerprint density at radius 2 is 2.00 bits per heavy atom. The van der Waals surface area contributed by atoms with Crippen molar-refractivity contribution >= 4 is 33.6 Å². The van der Waals surface area contributed by atoms with Crippen molar-refractivity contribution in [1.29, 1.82) is 10.5 Å². The van der Waals surface area contributed by atoms with Crippen LogP contribution in [0.15, 0.2) is 46.4 Å². The van der Waals surface area contributed by atoms with E-state index in [1.807, 2.05) is 19.1 Å². The number of hydrogen-bond donors (Lipinski definition) is 1. The van der Waals surface area contributed by atoms with Crippen LogP contribution in [0, 0.1) is 22.7 Å². The van der Waals surface area contributed by atoms with Gasteiger partial charge >= 0.3 is 0 Å². The molecule has 0 spiro atoms. The highest BCUT2D eigenvalue weighted by Crippen LogP contribution is 2.34. The normalized spacial score (nSPS) is 10.4. The molecule has 0 aliphatic rings. The molecule has 0 radical (unpaired) electrons. The molecule has 2 rings (SSSR count). The van der Waals surface area contributed by atoms with E-state index in [4.69, 9.17) is 19.5 Å². The van der Waals surface area contributed by atoms with E-state index in [0.29, 0.717) is 39.6 Å². The zero-order chi connectivity index (χ0) is 21.2. The Kier molecular flexibility index (Phi) is 8.08. The van der Waals surface area contributed by atoms with Crippen LogP contribution in [0.4, 0.5) is 5.69 Å². The third kappa shape index (κ3) is 6.00. The fraction of sp³-hybridized carbons (Fsp3) is 0.190. The van der Waals surface area contributed by atoms with Gasteiger partial charge < -0.3 is 19.5 Å². The largest absolute Gasteiger partial charge is 0.494 e. The predicted octanol–water partition coefficient (Wildman–Crippen LogP) is 4.30. The van der Waals surface area contributed by atoms with Crippen LogP contribution in [0.1, 0.15) is 12.5 Å². The van der Waals surface area contributed by atoms with Gasteiger partial charge in [0.1, 0.15) is 23.5 Å². The minimum absolute atomic E-state index is 0.0970. The van der Waals surface area contributed by atoms with Gasteiger partial charge in [0.2, 0.25) is 0 Å². The number of halogens is 1. The average molecular weight is 456 g/mol. The molecule has 0 aromatic heterocycles. The molecule has 0 aliphatic heterocycles. The molecule has 0 saturated heterocycles. The standard InChI is InChI=1S/C21H18BrN3O4/c1-3-28-17-6-4-5-16(11-17)25-21(26)15(13-24)9-14-10-19(27-2)20(12-18(14)22)29-8-7-23/h4-6,9-12H,3,8H2,1-2H3,(H,25,26)/b15-9-. The summed E-state index contributed by atoms with van der Waals surface area (Å²) in [7, 11) is 1.46. The summed E-state index contributed by atoms with van der Waals surface area (Å²) in [6, 6.07) is 13.9. The SMILES string of the molecule is CCOc1cccc(NC(=O)/C(C#N)=C\c2cc(OC)c(OCC#N)cc2Br)c1. The number of benzene rings is 2. The Labute approximate surface area is 177 Å². The van der Waals surface area contributed by atoms with Gasteiger partial charge in [0, 0.05) is 16.2 Å². The van der Waals surface area contributed by atoms with Crippen LogP contribution >= 0.6 is 15.9 Å². The van der Waals surface area contributed by atoms with Gasteiger partial charge in [-0.1, -0.05) is 22.0 Å². The summed E-state index contributed by atoms with van der Waals surface area (Å²) in [5, 5.41) is 20.8. The number of anilines is 1. The summed E-state index contributed by atoms with van der Waals surface area (Å²) in [5.74, 6) is 0.802. The van der Waals surface area contributed by atoms with E-state index < -0.39 is 5.91 Å². The summed E-state index contributed by atoms with van der Waals surface area (Å²) in [6.45, 7) is 2.24. The lowest BCUT2D eigenvalue weighted by atomic mass is 10.1. The number of methoxy groups -OCH3 is 1. The number of carbonyl (C=O) groups is 1. The summed E-state index contributed by atoms with van der Waals surface area (Å²) in [5.41, 5.74) is 0.959. The molecule has 29 heavy (non-hydrogen) atoms. The highest BCUT2D eigenvalue weighted by atomic mass is 79.9. The Hall–Kier alpha value is -3.49. The fourth-order valence-electron chi connectivity index (χ4n) is 2.38. The first-order valence-corrected chi connectivity index (χ1v) is 9.35. The van der Waals surface area contributed by atoms with Gasteiger partial charge in [0.05, 0.1) is 13.7 Å². The van der Waals surface area contributed by atoms with Crippen molar-refractivity contribution < 1.29 is 19.0 Å². The van der Waals surface area contributed by atoms with Gasteiger partial charge in [-0.15, -0.1) is 0 Å². The zero-order valence-corrected chi connectivity index (χ0v) is 17.4. The maximum Gasteiger partial charge on any atom is 0.266 e. The van der Waals surface area contributed by atoms with Gasteiger partial charge in [-0.05, 0) is 42.8 Å². The molecule has 8 heteroatoms. The van der Waals surface area contributed by atoms with Crippen molar-refractivity contribution in [3.63, 3.8) is 0 Å². The van der Waals surface area contributed by atoms with Crippen LogP contribution in [-0.2, 0) is 4.79 Å². The molecule has 0 atom stereocenters. The van der Waals surface area contributed by atoms with E-state index in [0.717, 1.165) is 0 Å². The number of nitrogens with one attached hydrogen (secondary N) is 1. The maximum atomic E-state index is 12.5. The Morgan fingerprint density at radius 1 is 1.21 bits per heavy atom. The van der Waals surface area contributed by atoms with E-state index >= 15 is 0 Å². The predicted molar refractivity (Wildman–Crippen MR) is 112 cm³/mol. The van der Waals surface area contributed by atoms with Crippen molar-refractivity contribution in [2.45, 2.75) is 6.92 Å². The molecular weight excluding hydrogens is 438 g/mol. The molecule has 7 nitrogen and oxygen atoms in total. The van der Waals surface area contributed by atoms with Crippen LogP contribution in [0.2, 0.25) is 0 Å². The minimum Gasteiger partial charge on any atom is -0.494 e. The number of amides is 1. The molecule has 0 saturated carbocycles. The quantitative estimate of drug-likeness (QED) is 0.469. The van der Waals surface area contributed by atoms with Gasteiger partial charge in [-0.3, -0.25) is 4.79 Å². The third-order valence-electron chi connectivity index (χ3n) is 3.64. The molecule has 1 N–H and O–H groups in total. The summed E-state index contributed by atoms with van der Waals surface area (Å²) < 4.78 is 16.6. The van der Waals surface area contributed by atoms with Crippen LogP contribution in [0.3, 0.4) is 0 Å². The second kappa shape index (κ2) is 10.7. The molecule has 0 bridgehead atoms. The molecule has 2 aromatic carbocycles. The number of nitriles is 2. The van der Waals surface area contributed by atoms with Gasteiger partial charge in [0.25, 0.3) is 5.91 Å². The smallest absolute Gasteiger partial charge is 0.266 e. The lowest BCUT2D eigenvalue weighted by Crippen LogP contribution is -2.13. The minimum atomic E-state index is -0.558. The molecule has 2 aromatic rings. The molecule has 0 unspecified atom stereocenters. The summed E-state index contributed by atoms with van der Waals surface area (Å²) in [4.78, 5) is 12.5. The number of carbonyl (C=O) groups excluding carboxylic acids is 1. The van der Waals surface area contributed by atoms with Gasteiger partial charge in [-0.25, -0.2) is 0 Å². The van der Waals surface area contributed by atoms with Crippen molar-refractivity contribution in [1.82, 2.24) is 0 Å². The first kappa shape index (κ1) is 21.8. The number of nitrogens with zero attached hydrogens (tertiary/aromatic N) is 2. The molecule has 1 amide bonds. The molecule has 148 valence electrons. The first-order chi connectivity index (χ1) is 14.0. The third-order valence-corrected chi connectivity index (χ3v) is 4.33. The number of hydrogen-bond acceptors (Lipinski definition) is 6. The average Bonchev–Trinajstić information content (AvgIpc) is 2.71. The van der Waals surface area contributed by atoms with E-state index in [9.17, 15) is 10.1 Å². The van der Waals surface area contributed by atoms with Crippen LogP contribution in [0.25, 0.3) is 6.08 Å². The molecular formula is C21H18BrN3O4. The van der Waals surface area contributed by atoms with E-state index in [1.54, 1.807) is 36.4 Å². The van der Waals surface area contributed by atoms with Crippen molar-refractivity contribution in [2.24, 2.45) is 0 Å². The molecule has 0 fully saturated rings. The Morgan fingerprint density at radius 3 is 2.66 bits per heavy atom. The highest BCUT2D eigenvalue weighted by Gasteiger charge is 2.14. The van der Waals surface area contributed by atoms with Crippen LogP contribution in [0.5, 0.6) is 17.2 Å². The molecule has 0 heterocycles. The number of rotatable bonds is 8. The highest BCUT2D eigenvalue weighted by molar-refractivity contribution is 9.10. The Bertz CT molecular complexity index is 1010. The van der Waals surface area contributed by atoms with Gasteiger partial charge in [-0.2, -0.15) is 10.5 Å². The lowest BCUT2D eigenvalue weighted by Gasteiger charge is -2.11. The monoisotopic (exact) mass is 455 g/mol. The summed E-state index contributed by atoms with van der Waals surface area (Å²) in [6.07, 6.45) is 1.43.